The Bertz CT molecular complexity index is 1360. The number of rotatable bonds is 5. The fraction of sp³-hybridized carbons (Fsp3) is 0.227. The van der Waals surface area contributed by atoms with E-state index < -0.39 is 23.5 Å². The summed E-state index contributed by atoms with van der Waals surface area (Å²) in [5, 5.41) is 22.3. The topological polar surface area (TPSA) is 162 Å². The van der Waals surface area contributed by atoms with E-state index in [1.807, 2.05) is 0 Å². The number of aliphatic hydroxyl groups is 1. The molecule has 0 bridgehead atoms. The lowest BCUT2D eigenvalue weighted by Gasteiger charge is -2.37. The van der Waals surface area contributed by atoms with Gasteiger partial charge in [-0.2, -0.15) is 0 Å². The predicted octanol–water partition coefficient (Wildman–Crippen LogP) is 1.11. The molecule has 1 fully saturated rings. The van der Waals surface area contributed by atoms with Gasteiger partial charge in [0.2, 0.25) is 0 Å². The third-order valence-electron chi connectivity index (χ3n) is 5.60. The molecule has 2 amide bonds. The largest absolute Gasteiger partial charge is 0.380 e. The summed E-state index contributed by atoms with van der Waals surface area (Å²) >= 11 is 0. The highest BCUT2D eigenvalue weighted by Crippen LogP contribution is 2.27. The Hall–Kier alpha value is -4.29. The van der Waals surface area contributed by atoms with E-state index in [9.17, 15) is 14.7 Å². The van der Waals surface area contributed by atoms with E-state index in [4.69, 9.17) is 15.0 Å². The molecule has 0 saturated carbocycles. The van der Waals surface area contributed by atoms with Gasteiger partial charge in [0.1, 0.15) is 0 Å². The number of carbonyl (C=O) groups is 2. The molecule has 1 aliphatic heterocycles. The molecule has 5 rings (SSSR count). The van der Waals surface area contributed by atoms with Gasteiger partial charge in [-0.05, 0) is 31.2 Å². The second kappa shape index (κ2) is 8.24. The van der Waals surface area contributed by atoms with E-state index in [2.05, 4.69) is 20.6 Å². The van der Waals surface area contributed by atoms with E-state index in [1.165, 1.54) is 17.9 Å². The van der Waals surface area contributed by atoms with Crippen LogP contribution in [0.15, 0.2) is 59.5 Å². The first-order valence-electron chi connectivity index (χ1n) is 10.4. The number of pyridine rings is 1. The third-order valence-corrected chi connectivity index (χ3v) is 5.60. The van der Waals surface area contributed by atoms with Gasteiger partial charge in [0.15, 0.2) is 28.9 Å². The summed E-state index contributed by atoms with van der Waals surface area (Å²) in [4.78, 5) is 31.5. The first-order chi connectivity index (χ1) is 16.3. The third kappa shape index (κ3) is 3.74. The van der Waals surface area contributed by atoms with Crippen LogP contribution in [0.25, 0.3) is 16.7 Å². The fourth-order valence-electron chi connectivity index (χ4n) is 3.73. The standard InChI is InChI=1S/C22H21N7O5/c1-22(32,21(31)25-13-2-3-15-16(12-13)34-27-19(15)23)18-20(30)28(10-11-33-18)17-6-9-29(26-17)14-4-7-24-8-5-14/h2-9,12,18,32H,10-11H2,1H3,(H2,23,27)(H,25,31). The second-order valence-corrected chi connectivity index (χ2v) is 7.95. The van der Waals surface area contributed by atoms with Gasteiger partial charge in [-0.3, -0.25) is 19.5 Å². The number of hydrogen-bond donors (Lipinski definition) is 3. The molecule has 2 atom stereocenters. The number of nitrogens with two attached hydrogens (primary N) is 1. The number of nitrogens with zero attached hydrogens (tertiary/aromatic N) is 5. The van der Waals surface area contributed by atoms with Crippen molar-refractivity contribution in [3.8, 4) is 5.69 Å². The number of fused-ring (bicyclic) bond motifs is 1. The number of benzene rings is 1. The molecule has 4 aromatic rings. The van der Waals surface area contributed by atoms with Crippen molar-refractivity contribution in [2.24, 2.45) is 0 Å². The van der Waals surface area contributed by atoms with Crippen LogP contribution in [0.1, 0.15) is 6.92 Å². The average Bonchev–Trinajstić information content (AvgIpc) is 3.47. The van der Waals surface area contributed by atoms with Crippen LogP contribution in [0.4, 0.5) is 17.3 Å². The van der Waals surface area contributed by atoms with Crippen LogP contribution in [-0.4, -0.2) is 61.7 Å². The lowest BCUT2D eigenvalue weighted by Crippen LogP contribution is -2.61. The molecule has 1 saturated heterocycles. The number of nitrogens with one attached hydrogen (secondary N) is 1. The first-order valence-corrected chi connectivity index (χ1v) is 10.4. The quantitative estimate of drug-likeness (QED) is 0.394. The van der Waals surface area contributed by atoms with E-state index >= 15 is 0 Å². The molecule has 12 nitrogen and oxygen atoms in total. The van der Waals surface area contributed by atoms with Crippen molar-refractivity contribution in [2.45, 2.75) is 18.6 Å². The second-order valence-electron chi connectivity index (χ2n) is 7.95. The van der Waals surface area contributed by atoms with Crippen molar-refractivity contribution in [2.75, 3.05) is 29.1 Å². The lowest BCUT2D eigenvalue weighted by atomic mass is 9.95. The minimum absolute atomic E-state index is 0.116. The number of carbonyl (C=O) groups excluding carboxylic acids is 2. The van der Waals surface area contributed by atoms with Crippen LogP contribution in [0.3, 0.4) is 0 Å². The molecule has 34 heavy (non-hydrogen) atoms. The molecule has 2 unspecified atom stereocenters. The summed E-state index contributed by atoms with van der Waals surface area (Å²) in [6.07, 6.45) is 3.55. The van der Waals surface area contributed by atoms with Crippen LogP contribution in [0.5, 0.6) is 0 Å². The summed E-state index contributed by atoms with van der Waals surface area (Å²) in [6.45, 7) is 1.57. The zero-order valence-electron chi connectivity index (χ0n) is 18.1. The Morgan fingerprint density at radius 2 is 2.06 bits per heavy atom. The summed E-state index contributed by atoms with van der Waals surface area (Å²) < 4.78 is 12.2. The molecule has 0 spiro atoms. The smallest absolute Gasteiger partial charge is 0.260 e. The van der Waals surface area contributed by atoms with Crippen LogP contribution in [0.2, 0.25) is 0 Å². The normalized spacial score (nSPS) is 18.1. The van der Waals surface area contributed by atoms with Crippen molar-refractivity contribution in [3.63, 3.8) is 0 Å². The number of morpholine rings is 1. The zero-order chi connectivity index (χ0) is 23.9. The summed E-state index contributed by atoms with van der Waals surface area (Å²) in [5.41, 5.74) is 5.02. The molecule has 4 N–H and O–H groups in total. The van der Waals surface area contributed by atoms with Gasteiger partial charge in [-0.1, -0.05) is 5.16 Å². The Morgan fingerprint density at radius 1 is 1.26 bits per heavy atom. The molecule has 0 aliphatic carbocycles. The van der Waals surface area contributed by atoms with Crippen molar-refractivity contribution in [1.82, 2.24) is 19.9 Å². The predicted molar refractivity (Wildman–Crippen MR) is 121 cm³/mol. The van der Waals surface area contributed by atoms with Crippen LogP contribution in [-0.2, 0) is 14.3 Å². The van der Waals surface area contributed by atoms with Crippen molar-refractivity contribution in [3.05, 3.63) is 55.0 Å². The van der Waals surface area contributed by atoms with Gasteiger partial charge in [0.05, 0.1) is 24.2 Å². The Labute approximate surface area is 192 Å². The summed E-state index contributed by atoms with van der Waals surface area (Å²) in [5.74, 6) is -0.793. The molecule has 12 heteroatoms. The minimum Gasteiger partial charge on any atom is -0.380 e. The van der Waals surface area contributed by atoms with Crippen molar-refractivity contribution < 1.29 is 24.0 Å². The lowest BCUT2D eigenvalue weighted by molar-refractivity contribution is -0.165. The highest BCUT2D eigenvalue weighted by atomic mass is 16.5. The minimum atomic E-state index is -2.17. The van der Waals surface area contributed by atoms with Gasteiger partial charge < -0.3 is 25.4 Å². The monoisotopic (exact) mass is 463 g/mol. The molecule has 1 aliphatic rings. The maximum absolute atomic E-state index is 13.2. The van der Waals surface area contributed by atoms with E-state index in [-0.39, 0.29) is 19.0 Å². The number of aromatic nitrogens is 4. The number of anilines is 3. The number of ether oxygens (including phenoxy) is 1. The summed E-state index contributed by atoms with van der Waals surface area (Å²) in [6, 6.07) is 9.97. The highest BCUT2D eigenvalue weighted by molar-refractivity contribution is 6.06. The summed E-state index contributed by atoms with van der Waals surface area (Å²) in [7, 11) is 0. The van der Waals surface area contributed by atoms with Gasteiger partial charge in [0, 0.05) is 36.4 Å². The molecule has 4 heterocycles. The number of nitrogen functional groups attached to an aromatic ring is 1. The van der Waals surface area contributed by atoms with Gasteiger partial charge in [0.25, 0.3) is 11.8 Å². The number of hydrogen-bond acceptors (Lipinski definition) is 9. The highest BCUT2D eigenvalue weighted by Gasteiger charge is 2.48. The van der Waals surface area contributed by atoms with Crippen molar-refractivity contribution >= 4 is 40.1 Å². The van der Waals surface area contributed by atoms with Crippen LogP contribution >= 0.6 is 0 Å². The number of amides is 2. The van der Waals surface area contributed by atoms with Crippen LogP contribution in [0, 0.1) is 0 Å². The molecule has 3 aromatic heterocycles. The molecule has 1 aromatic carbocycles. The average molecular weight is 463 g/mol. The van der Waals surface area contributed by atoms with Crippen LogP contribution < -0.4 is 16.0 Å². The van der Waals surface area contributed by atoms with Gasteiger partial charge in [-0.15, -0.1) is 5.10 Å². The maximum atomic E-state index is 13.2. The Kier molecular flexibility index (Phi) is 5.23. The molecule has 0 radical (unpaired) electrons. The maximum Gasteiger partial charge on any atom is 0.260 e. The Morgan fingerprint density at radius 3 is 2.85 bits per heavy atom. The van der Waals surface area contributed by atoms with E-state index in [0.29, 0.717) is 22.5 Å². The zero-order valence-corrected chi connectivity index (χ0v) is 18.1. The fourth-order valence-corrected chi connectivity index (χ4v) is 3.73. The van der Waals surface area contributed by atoms with Gasteiger partial charge >= 0.3 is 0 Å². The molecule has 174 valence electrons. The Balaban J connectivity index is 1.34. The SMILES string of the molecule is CC(O)(C(=O)Nc1ccc2c(N)noc2c1)C1OCCN(c2ccn(-c3ccncc3)n2)C1=O. The molecular formula is C22H21N7O5. The van der Waals surface area contributed by atoms with E-state index in [0.717, 1.165) is 5.69 Å². The first kappa shape index (κ1) is 21.6. The van der Waals surface area contributed by atoms with Crippen molar-refractivity contribution in [1.29, 1.82) is 0 Å². The molecular weight excluding hydrogens is 442 g/mol. The van der Waals surface area contributed by atoms with E-state index in [1.54, 1.807) is 53.6 Å². The van der Waals surface area contributed by atoms with Gasteiger partial charge in [-0.25, -0.2) is 4.68 Å².